The summed E-state index contributed by atoms with van der Waals surface area (Å²) in [4.78, 5) is 10.5. The van der Waals surface area contributed by atoms with E-state index in [1.165, 1.54) is 12.8 Å². The average Bonchev–Trinajstić information content (AvgIpc) is 1.82. The SMILES string of the molecule is CCCC(C)(C)CC(C)(C)CC=O. The molecule has 0 aliphatic rings. The minimum Gasteiger partial charge on any atom is -0.303 e. The van der Waals surface area contributed by atoms with Gasteiger partial charge in [0.15, 0.2) is 0 Å². The number of hydrogen-bond donors (Lipinski definition) is 0. The molecular weight excluding hydrogens is 160 g/mol. The van der Waals surface area contributed by atoms with Crippen LogP contribution in [0, 0.1) is 10.8 Å². The van der Waals surface area contributed by atoms with Crippen LogP contribution >= 0.6 is 0 Å². The lowest BCUT2D eigenvalue weighted by Crippen LogP contribution is -2.23. The van der Waals surface area contributed by atoms with E-state index in [0.717, 1.165) is 12.7 Å². The van der Waals surface area contributed by atoms with Crippen molar-refractivity contribution in [2.45, 2.75) is 60.3 Å². The summed E-state index contributed by atoms with van der Waals surface area (Å²) in [5.41, 5.74) is 0.543. The van der Waals surface area contributed by atoms with E-state index in [2.05, 4.69) is 34.6 Å². The van der Waals surface area contributed by atoms with Crippen molar-refractivity contribution in [3.8, 4) is 0 Å². The van der Waals surface area contributed by atoms with Crippen LogP contribution in [0.15, 0.2) is 0 Å². The first kappa shape index (κ1) is 12.7. The van der Waals surface area contributed by atoms with Gasteiger partial charge < -0.3 is 4.79 Å². The van der Waals surface area contributed by atoms with Gasteiger partial charge in [-0.25, -0.2) is 0 Å². The zero-order valence-corrected chi connectivity index (χ0v) is 9.81. The molecule has 0 aliphatic carbocycles. The molecule has 0 aliphatic heterocycles. The van der Waals surface area contributed by atoms with Gasteiger partial charge in [0.2, 0.25) is 0 Å². The van der Waals surface area contributed by atoms with Crippen LogP contribution in [0.3, 0.4) is 0 Å². The molecule has 0 N–H and O–H groups in total. The van der Waals surface area contributed by atoms with Gasteiger partial charge in [0.1, 0.15) is 6.29 Å². The molecule has 0 bridgehead atoms. The number of rotatable bonds is 6. The van der Waals surface area contributed by atoms with Gasteiger partial charge >= 0.3 is 0 Å². The van der Waals surface area contributed by atoms with Crippen molar-refractivity contribution in [2.75, 3.05) is 0 Å². The molecule has 0 unspecified atom stereocenters. The zero-order chi connectivity index (χ0) is 10.5. The maximum absolute atomic E-state index is 10.5. The average molecular weight is 184 g/mol. The predicted molar refractivity (Wildman–Crippen MR) is 57.8 cm³/mol. The number of hydrogen-bond acceptors (Lipinski definition) is 1. The summed E-state index contributed by atoms with van der Waals surface area (Å²) < 4.78 is 0. The quantitative estimate of drug-likeness (QED) is 0.573. The van der Waals surface area contributed by atoms with Gasteiger partial charge in [-0.2, -0.15) is 0 Å². The third-order valence-corrected chi connectivity index (χ3v) is 2.52. The van der Waals surface area contributed by atoms with Gasteiger partial charge in [-0.05, 0) is 23.7 Å². The van der Waals surface area contributed by atoms with Gasteiger partial charge in [0.25, 0.3) is 0 Å². The maximum atomic E-state index is 10.5. The molecule has 0 atom stereocenters. The van der Waals surface area contributed by atoms with Crippen LogP contribution in [-0.2, 0) is 4.79 Å². The van der Waals surface area contributed by atoms with Crippen LogP contribution in [-0.4, -0.2) is 6.29 Å². The second-order valence-electron chi connectivity index (χ2n) is 5.63. The summed E-state index contributed by atoms with van der Waals surface area (Å²) >= 11 is 0. The molecule has 1 nitrogen and oxygen atoms in total. The van der Waals surface area contributed by atoms with Gasteiger partial charge in [-0.1, -0.05) is 41.0 Å². The summed E-state index contributed by atoms with van der Waals surface area (Å²) in [5, 5.41) is 0. The summed E-state index contributed by atoms with van der Waals surface area (Å²) in [6.07, 6.45) is 5.33. The van der Waals surface area contributed by atoms with E-state index in [4.69, 9.17) is 0 Å². The van der Waals surface area contributed by atoms with E-state index in [9.17, 15) is 4.79 Å². The minimum absolute atomic E-state index is 0.167. The first-order valence-corrected chi connectivity index (χ1v) is 5.27. The Hall–Kier alpha value is -0.330. The molecular formula is C12H24O. The van der Waals surface area contributed by atoms with Crippen LogP contribution in [0.2, 0.25) is 0 Å². The van der Waals surface area contributed by atoms with E-state index in [1.807, 2.05) is 0 Å². The molecule has 0 amide bonds. The fourth-order valence-electron chi connectivity index (χ4n) is 2.36. The Morgan fingerprint density at radius 1 is 1.08 bits per heavy atom. The van der Waals surface area contributed by atoms with Crippen molar-refractivity contribution >= 4 is 6.29 Å². The Kier molecular flexibility index (Phi) is 4.66. The van der Waals surface area contributed by atoms with Crippen molar-refractivity contribution in [1.82, 2.24) is 0 Å². The Morgan fingerprint density at radius 3 is 2.00 bits per heavy atom. The second kappa shape index (κ2) is 4.78. The van der Waals surface area contributed by atoms with E-state index in [0.29, 0.717) is 11.8 Å². The maximum Gasteiger partial charge on any atom is 0.120 e. The Labute approximate surface area is 82.9 Å². The number of aldehydes is 1. The number of carbonyl (C=O) groups is 1. The monoisotopic (exact) mass is 184 g/mol. The number of carbonyl (C=O) groups excluding carboxylic acids is 1. The van der Waals surface area contributed by atoms with Gasteiger partial charge in [0, 0.05) is 6.42 Å². The smallest absolute Gasteiger partial charge is 0.120 e. The second-order valence-corrected chi connectivity index (χ2v) is 5.63. The molecule has 0 aromatic rings. The molecule has 0 rings (SSSR count). The highest BCUT2D eigenvalue weighted by Gasteiger charge is 2.27. The molecule has 0 spiro atoms. The first-order chi connectivity index (χ1) is 5.83. The Morgan fingerprint density at radius 2 is 1.62 bits per heavy atom. The third kappa shape index (κ3) is 5.84. The molecule has 13 heavy (non-hydrogen) atoms. The molecule has 0 saturated heterocycles. The highest BCUT2D eigenvalue weighted by Crippen LogP contribution is 2.38. The zero-order valence-electron chi connectivity index (χ0n) is 9.81. The normalized spacial score (nSPS) is 13.0. The van der Waals surface area contributed by atoms with Gasteiger partial charge in [0.05, 0.1) is 0 Å². The molecule has 0 aromatic carbocycles. The van der Waals surface area contributed by atoms with Crippen LogP contribution in [0.25, 0.3) is 0 Å². The molecule has 0 saturated carbocycles. The fourth-order valence-corrected chi connectivity index (χ4v) is 2.36. The van der Waals surface area contributed by atoms with Crippen LogP contribution in [0.5, 0.6) is 0 Å². The van der Waals surface area contributed by atoms with E-state index in [1.54, 1.807) is 0 Å². The van der Waals surface area contributed by atoms with Crippen LogP contribution in [0.1, 0.15) is 60.3 Å². The molecule has 78 valence electrons. The lowest BCUT2D eigenvalue weighted by molar-refractivity contribution is -0.109. The fraction of sp³-hybridized carbons (Fsp3) is 0.917. The van der Waals surface area contributed by atoms with E-state index >= 15 is 0 Å². The van der Waals surface area contributed by atoms with Gasteiger partial charge in [-0.3, -0.25) is 0 Å². The lowest BCUT2D eigenvalue weighted by Gasteiger charge is -2.33. The minimum atomic E-state index is 0.167. The van der Waals surface area contributed by atoms with E-state index in [-0.39, 0.29) is 5.41 Å². The summed E-state index contributed by atoms with van der Waals surface area (Å²) in [7, 11) is 0. The topological polar surface area (TPSA) is 17.1 Å². The van der Waals surface area contributed by atoms with Crippen molar-refractivity contribution in [3.63, 3.8) is 0 Å². The summed E-state index contributed by atoms with van der Waals surface area (Å²) in [5.74, 6) is 0. The van der Waals surface area contributed by atoms with E-state index < -0.39 is 0 Å². The Balaban J connectivity index is 4.14. The highest BCUT2D eigenvalue weighted by atomic mass is 16.1. The standard InChI is InChI=1S/C12H24O/c1-6-7-11(2,3)10-12(4,5)8-9-13/h9H,6-8,10H2,1-5H3. The molecule has 0 fully saturated rings. The molecule has 0 radical (unpaired) electrons. The molecule has 1 heteroatoms. The summed E-state index contributed by atoms with van der Waals surface area (Å²) in [6, 6.07) is 0. The largest absolute Gasteiger partial charge is 0.303 e. The lowest BCUT2D eigenvalue weighted by atomic mass is 9.72. The van der Waals surface area contributed by atoms with Crippen molar-refractivity contribution in [1.29, 1.82) is 0 Å². The first-order valence-electron chi connectivity index (χ1n) is 5.27. The molecule has 0 aromatic heterocycles. The summed E-state index contributed by atoms with van der Waals surface area (Å²) in [6.45, 7) is 11.2. The van der Waals surface area contributed by atoms with Crippen molar-refractivity contribution in [3.05, 3.63) is 0 Å². The van der Waals surface area contributed by atoms with Crippen molar-refractivity contribution in [2.24, 2.45) is 10.8 Å². The van der Waals surface area contributed by atoms with Crippen LogP contribution < -0.4 is 0 Å². The highest BCUT2D eigenvalue weighted by molar-refractivity contribution is 5.50. The van der Waals surface area contributed by atoms with Crippen molar-refractivity contribution < 1.29 is 4.79 Å². The van der Waals surface area contributed by atoms with Crippen LogP contribution in [0.4, 0.5) is 0 Å². The third-order valence-electron chi connectivity index (χ3n) is 2.52. The Bertz CT molecular complexity index is 157. The van der Waals surface area contributed by atoms with Gasteiger partial charge in [-0.15, -0.1) is 0 Å². The predicted octanol–water partition coefficient (Wildman–Crippen LogP) is 3.82. The molecule has 0 heterocycles.